The number of halogens is 1. The summed E-state index contributed by atoms with van der Waals surface area (Å²) < 4.78 is 20.5. The molecule has 28 heteroatoms. The fraction of sp³-hybridized carbons (Fsp3) is 0.308. The highest BCUT2D eigenvalue weighted by atomic mass is 19.1. The molecule has 4 heterocycles. The molecule has 3 aliphatic heterocycles. The second-order valence-electron chi connectivity index (χ2n) is 33.3. The molecule has 0 radical (unpaired) electrons. The Hall–Kier alpha value is -14.4. The highest BCUT2D eigenvalue weighted by Crippen LogP contribution is 2.32. The number of nitrogens with one attached hydrogen (secondary N) is 6. The molecule has 27 nitrogen and oxygen atoms in total. The quantitative estimate of drug-likeness (QED) is 0.00751. The number of rotatable bonds is 36. The van der Waals surface area contributed by atoms with Gasteiger partial charge in [0.1, 0.15) is 11.6 Å². The lowest BCUT2D eigenvalue weighted by Crippen LogP contribution is -2.49. The zero-order valence-corrected chi connectivity index (χ0v) is 75.0. The molecule has 1 aromatic heterocycles. The number of carbonyl (C=O) groups is 6. The molecular formula is C104H123FN20O7. The van der Waals surface area contributed by atoms with Crippen molar-refractivity contribution in [3.8, 4) is 11.4 Å². The molecule has 3 saturated heterocycles. The molecule has 688 valence electrons. The van der Waals surface area contributed by atoms with Crippen LogP contribution in [0.4, 0.5) is 4.39 Å². The van der Waals surface area contributed by atoms with E-state index >= 15 is 0 Å². The molecule has 0 bridgehead atoms. The molecule has 14 rings (SSSR count). The van der Waals surface area contributed by atoms with E-state index in [9.17, 15) is 33.2 Å². The van der Waals surface area contributed by atoms with Crippen molar-refractivity contribution in [2.75, 3.05) is 85.6 Å². The van der Waals surface area contributed by atoms with Crippen molar-refractivity contribution in [1.82, 2.24) is 56.4 Å². The average Bonchev–Trinajstić information content (AvgIpc) is 1.68. The summed E-state index contributed by atoms with van der Waals surface area (Å²) in [5, 5.41) is 25.7. The maximum absolute atomic E-state index is 14.0. The first-order chi connectivity index (χ1) is 64.2. The van der Waals surface area contributed by atoms with Crippen LogP contribution in [0, 0.1) is 12.7 Å². The van der Waals surface area contributed by atoms with E-state index in [0.717, 1.165) is 66.8 Å². The van der Waals surface area contributed by atoms with Crippen LogP contribution in [-0.4, -0.2) is 200 Å². The molecule has 0 unspecified atom stereocenters. The van der Waals surface area contributed by atoms with Gasteiger partial charge in [-0.05, 0) is 169 Å². The Labute approximate surface area is 772 Å². The number of nitrogens with zero attached hydrogens (tertiary/aromatic N) is 8. The Kier molecular flexibility index (Phi) is 36.6. The summed E-state index contributed by atoms with van der Waals surface area (Å²) >= 11 is 0. The second kappa shape index (κ2) is 50.0. The lowest BCUT2D eigenvalue weighted by atomic mass is 9.90. The first-order valence-corrected chi connectivity index (χ1v) is 45.3. The number of para-hydroxylation sites is 1. The van der Waals surface area contributed by atoms with Gasteiger partial charge in [-0.3, -0.25) is 43.7 Å². The van der Waals surface area contributed by atoms with E-state index in [1.54, 1.807) is 48.3 Å². The van der Waals surface area contributed by atoms with E-state index < -0.39 is 18.1 Å². The van der Waals surface area contributed by atoms with Crippen LogP contribution in [0.2, 0.25) is 0 Å². The summed E-state index contributed by atoms with van der Waals surface area (Å²) in [6.07, 6.45) is 10.6. The van der Waals surface area contributed by atoms with Gasteiger partial charge >= 0.3 is 0 Å². The van der Waals surface area contributed by atoms with E-state index in [1.165, 1.54) is 18.2 Å². The zero-order chi connectivity index (χ0) is 92.9. The molecule has 10 aromatic carbocycles. The summed E-state index contributed by atoms with van der Waals surface area (Å²) in [5.74, 6) is 0.151. The number of ether oxygens (including phenoxy) is 1. The Balaban J connectivity index is 0.000000179. The number of aromatic nitrogens is 2. The number of methoxy groups -OCH3 is 1. The summed E-state index contributed by atoms with van der Waals surface area (Å²) in [6, 6.07) is 87.0. The van der Waals surface area contributed by atoms with Crippen molar-refractivity contribution >= 4 is 70.2 Å². The van der Waals surface area contributed by atoms with Crippen LogP contribution in [0.5, 0.6) is 5.75 Å². The van der Waals surface area contributed by atoms with Crippen molar-refractivity contribution < 1.29 is 37.9 Å². The van der Waals surface area contributed by atoms with Crippen LogP contribution in [0.15, 0.2) is 300 Å². The summed E-state index contributed by atoms with van der Waals surface area (Å²) in [6.45, 7) is 7.68. The number of benzene rings is 10. The van der Waals surface area contributed by atoms with E-state index in [1.807, 2.05) is 185 Å². The molecule has 11 aromatic rings. The monoisotopic (exact) mass is 1780 g/mol. The van der Waals surface area contributed by atoms with Gasteiger partial charge in [0.2, 0.25) is 23.6 Å². The normalized spacial score (nSPS) is 16.9. The van der Waals surface area contributed by atoms with Crippen LogP contribution in [0.3, 0.4) is 0 Å². The van der Waals surface area contributed by atoms with Crippen LogP contribution >= 0.6 is 0 Å². The average molecular weight is 1780 g/mol. The third-order valence-corrected chi connectivity index (χ3v) is 24.0. The summed E-state index contributed by atoms with van der Waals surface area (Å²) in [7, 11) is 1.62. The van der Waals surface area contributed by atoms with Crippen molar-refractivity contribution in [1.29, 1.82) is 0 Å². The maximum Gasteiger partial charge on any atom is 0.254 e. The molecule has 0 aliphatic carbocycles. The predicted octanol–water partition coefficient (Wildman–Crippen LogP) is 10.8. The van der Waals surface area contributed by atoms with E-state index in [2.05, 4.69) is 125 Å². The zero-order valence-electron chi connectivity index (χ0n) is 75.0. The van der Waals surface area contributed by atoms with Gasteiger partial charge in [0, 0.05) is 126 Å². The van der Waals surface area contributed by atoms with Crippen LogP contribution in [0.25, 0.3) is 22.5 Å². The van der Waals surface area contributed by atoms with Crippen LogP contribution < -0.4 is 71.0 Å². The van der Waals surface area contributed by atoms with Gasteiger partial charge in [0.25, 0.3) is 11.8 Å². The minimum absolute atomic E-state index is 0.0151. The molecular weight excluding hydrogens is 1660 g/mol. The maximum atomic E-state index is 14.0. The number of nitrogens with two attached hydrogens (primary N) is 6. The number of amides is 6. The fourth-order valence-electron chi connectivity index (χ4n) is 17.0. The molecule has 6 amide bonds. The highest BCUT2D eigenvalue weighted by molar-refractivity contribution is 5.99. The number of aliphatic imine (C=N–C) groups is 3. The highest BCUT2D eigenvalue weighted by Gasteiger charge is 2.37. The standard InChI is InChI=1S/C35H39FN6O2.C35H42N8O2.C34H42N6O3/c36-29-16-15-26-20-28(14-13-27(26)21-29)33(43)40-22-30-17-19-42(34(44)32(41-30)12-7-18-39-35(37)38)23-31(24-8-3-1-4-9-24)25-10-5-2-6-11-25;1-25-30(23-40-43(25)29-16-9-4-10-17-29)33(44)39-22-28-19-21-42(34(45)32(41-28)18-11-20-38-35(36)37)24-31(26-12-5-2-6-13-26)27-14-7-3-8-15-27;1-43-29-17-14-25(15-18-29)16-19-32(41)38-23-28-20-22-40(33(42)31(39-28)13-8-21-37-34(35)36)24-30(26-9-4-2-5-10-26)27-11-6-3-7-12-27/h1-6,8-11,13-16,20-21,30-32,41H,7,12,17-19,22-23H2,(H,40,43)(H4,37,38,39);2-10,12-17,23,28,31-32,41H,11,18-22,24H2,1H3,(H,39,44)(H4,36,37,38);2-7,9-12,14-19,28,30-31,39H,8,13,20-24H2,1H3,(H,38,41)(H4,35,36,37)/b;;19-16+/t30-,32-;28-,32-;28-,31-/m000/s1. The number of carbonyl (C=O) groups excluding carboxylic acids is 6. The molecule has 132 heavy (non-hydrogen) atoms. The number of fused-ring (bicyclic) bond motifs is 1. The van der Waals surface area contributed by atoms with Gasteiger partial charge in [-0.2, -0.15) is 5.10 Å². The molecule has 3 aliphatic rings. The van der Waals surface area contributed by atoms with Crippen molar-refractivity contribution in [3.63, 3.8) is 0 Å². The number of guanidine groups is 3. The Morgan fingerprint density at radius 1 is 0.455 bits per heavy atom. The fourth-order valence-corrected chi connectivity index (χ4v) is 17.0. The molecule has 6 atom stereocenters. The van der Waals surface area contributed by atoms with Gasteiger partial charge in [-0.25, -0.2) is 9.07 Å². The van der Waals surface area contributed by atoms with Crippen LogP contribution in [-0.2, 0) is 19.2 Å². The number of hydrogen-bond donors (Lipinski definition) is 12. The van der Waals surface area contributed by atoms with Gasteiger partial charge in [0.05, 0.1) is 48.4 Å². The first-order valence-electron chi connectivity index (χ1n) is 45.3. The SMILES string of the molecule is COc1ccc(/C=C/C(=O)NC[C@@H]2CCN(CC(c3ccccc3)c3ccccc3)C(=O)[C@H](CCCN=C(N)N)N2)cc1.Cc1c(C(=O)NC[C@@H]2CCN(CC(c3ccccc3)c3ccccc3)C(=O)[C@H](CCCN=C(N)N)N2)cnn1-c1ccccc1.NC(N)=NCCC[C@@H]1N[C@H](CNC(=O)c2ccc3cc(F)ccc3c2)CCN(CC(c2ccccc2)c2ccccc2)C1=O. The predicted molar refractivity (Wildman–Crippen MR) is 522 cm³/mol. The number of hydrogen-bond acceptors (Lipinski definition) is 14. The molecule has 0 spiro atoms. The van der Waals surface area contributed by atoms with Gasteiger partial charge in [-0.1, -0.05) is 224 Å². The molecule has 18 N–H and O–H groups in total. The Morgan fingerprint density at radius 3 is 1.17 bits per heavy atom. The smallest absolute Gasteiger partial charge is 0.254 e. The lowest BCUT2D eigenvalue weighted by molar-refractivity contribution is -0.133. The van der Waals surface area contributed by atoms with Crippen molar-refractivity contribution in [2.45, 2.75) is 119 Å². The van der Waals surface area contributed by atoms with E-state index in [-0.39, 0.29) is 95.0 Å². The van der Waals surface area contributed by atoms with E-state index in [0.29, 0.717) is 147 Å². The first kappa shape index (κ1) is 96.7. The van der Waals surface area contributed by atoms with Crippen LogP contribution in [0.1, 0.15) is 141 Å². The third-order valence-electron chi connectivity index (χ3n) is 24.0. The van der Waals surface area contributed by atoms with Crippen molar-refractivity contribution in [3.05, 3.63) is 347 Å². The van der Waals surface area contributed by atoms with Crippen molar-refractivity contribution in [2.24, 2.45) is 49.4 Å². The third kappa shape index (κ3) is 29.1. The van der Waals surface area contributed by atoms with Gasteiger partial charge < -0.3 is 85.7 Å². The minimum Gasteiger partial charge on any atom is -0.497 e. The topological polar surface area (TPSA) is 405 Å². The van der Waals surface area contributed by atoms with Gasteiger partial charge in [0.15, 0.2) is 17.9 Å². The minimum atomic E-state index is -0.448. The summed E-state index contributed by atoms with van der Waals surface area (Å²) in [5.41, 5.74) is 43.6. The second-order valence-corrected chi connectivity index (χ2v) is 33.3. The molecule has 0 saturated carbocycles. The van der Waals surface area contributed by atoms with Gasteiger partial charge in [-0.15, -0.1) is 0 Å². The Morgan fingerprint density at radius 2 is 0.803 bits per heavy atom. The largest absolute Gasteiger partial charge is 0.497 e. The molecule has 3 fully saturated rings. The Bertz CT molecular complexity index is 5500. The van der Waals surface area contributed by atoms with E-state index in [4.69, 9.17) is 39.1 Å². The lowest BCUT2D eigenvalue weighted by Gasteiger charge is -2.29. The summed E-state index contributed by atoms with van der Waals surface area (Å²) in [4.78, 5) is 99.1.